The van der Waals surface area contributed by atoms with Gasteiger partial charge in [0, 0.05) is 6.54 Å². The zero-order valence-electron chi connectivity index (χ0n) is 13.9. The summed E-state index contributed by atoms with van der Waals surface area (Å²) in [5.74, 6) is 1.15. The lowest BCUT2D eigenvalue weighted by atomic mass is 9.83. The molecule has 2 atom stereocenters. The summed E-state index contributed by atoms with van der Waals surface area (Å²) in [5.41, 5.74) is -0.629. The molecule has 0 aromatic rings. The van der Waals surface area contributed by atoms with E-state index in [9.17, 15) is 9.59 Å². The largest absolute Gasteiger partial charge is 0.342 e. The lowest BCUT2D eigenvalue weighted by Gasteiger charge is -2.48. The predicted octanol–water partition coefficient (Wildman–Crippen LogP) is 2.72. The third kappa shape index (κ3) is 2.95. The zero-order valence-corrected chi connectivity index (χ0v) is 13.9. The van der Waals surface area contributed by atoms with Gasteiger partial charge in [-0.05, 0) is 31.1 Å². The van der Waals surface area contributed by atoms with Gasteiger partial charge in [-0.25, -0.2) is 0 Å². The van der Waals surface area contributed by atoms with Crippen molar-refractivity contribution in [2.75, 3.05) is 6.54 Å². The molecule has 1 aliphatic carbocycles. The maximum atomic E-state index is 12.9. The Morgan fingerprint density at radius 1 is 1.24 bits per heavy atom. The molecule has 1 saturated heterocycles. The number of hydrogen-bond donors (Lipinski definition) is 1. The topological polar surface area (TPSA) is 49.4 Å². The predicted molar refractivity (Wildman–Crippen MR) is 83.8 cm³/mol. The second-order valence-electron chi connectivity index (χ2n) is 6.80. The summed E-state index contributed by atoms with van der Waals surface area (Å²) in [5, 5.41) is 3.01. The van der Waals surface area contributed by atoms with Gasteiger partial charge in [0.15, 0.2) is 0 Å². The number of carbonyl (C=O) groups excluding carboxylic acids is 2. The number of hydrogen-bond acceptors (Lipinski definition) is 2. The average Bonchev–Trinajstić information content (AvgIpc) is 3.31. The Hall–Kier alpha value is -1.06. The fourth-order valence-corrected chi connectivity index (χ4v) is 3.46. The highest BCUT2D eigenvalue weighted by molar-refractivity contribution is 5.99. The molecule has 2 amide bonds. The van der Waals surface area contributed by atoms with Gasteiger partial charge in [-0.3, -0.25) is 9.59 Å². The van der Waals surface area contributed by atoms with Crippen LogP contribution in [0.1, 0.15) is 66.2 Å². The van der Waals surface area contributed by atoms with Crippen molar-refractivity contribution in [3.05, 3.63) is 0 Å². The van der Waals surface area contributed by atoms with Crippen molar-refractivity contribution >= 4 is 11.8 Å². The van der Waals surface area contributed by atoms with Crippen LogP contribution in [0.2, 0.25) is 0 Å². The van der Waals surface area contributed by atoms with E-state index in [0.717, 1.165) is 25.3 Å². The van der Waals surface area contributed by atoms with Gasteiger partial charge in [-0.2, -0.15) is 0 Å². The highest BCUT2D eigenvalue weighted by Gasteiger charge is 2.51. The van der Waals surface area contributed by atoms with Crippen molar-refractivity contribution in [3.63, 3.8) is 0 Å². The Bertz CT molecular complexity index is 400. The molecule has 0 radical (unpaired) electrons. The van der Waals surface area contributed by atoms with Crippen molar-refractivity contribution in [2.24, 2.45) is 11.8 Å². The molecule has 4 nitrogen and oxygen atoms in total. The summed E-state index contributed by atoms with van der Waals surface area (Å²) in [6, 6.07) is -0.340. The van der Waals surface area contributed by atoms with E-state index in [1.54, 1.807) is 0 Å². The van der Waals surface area contributed by atoms with E-state index in [0.29, 0.717) is 12.8 Å². The Morgan fingerprint density at radius 3 is 2.33 bits per heavy atom. The SMILES string of the molecule is CCC(C)C1NC(=O)C(CC)(CC)N(CCC2CC2)C1=O. The third-order valence-corrected chi connectivity index (χ3v) is 5.60. The first-order chi connectivity index (χ1) is 10.00. The molecule has 0 spiro atoms. The van der Waals surface area contributed by atoms with Crippen LogP contribution in [0.4, 0.5) is 0 Å². The van der Waals surface area contributed by atoms with Crippen molar-refractivity contribution < 1.29 is 9.59 Å². The summed E-state index contributed by atoms with van der Waals surface area (Å²) in [6.07, 6.45) is 5.91. The molecule has 2 fully saturated rings. The van der Waals surface area contributed by atoms with Crippen molar-refractivity contribution in [1.29, 1.82) is 0 Å². The van der Waals surface area contributed by atoms with E-state index in [-0.39, 0.29) is 23.8 Å². The highest BCUT2D eigenvalue weighted by atomic mass is 16.2. The van der Waals surface area contributed by atoms with E-state index in [1.165, 1.54) is 12.8 Å². The second-order valence-corrected chi connectivity index (χ2v) is 6.80. The lowest BCUT2D eigenvalue weighted by Crippen LogP contribution is -2.71. The molecule has 1 saturated carbocycles. The number of nitrogens with zero attached hydrogens (tertiary/aromatic N) is 1. The van der Waals surface area contributed by atoms with Gasteiger partial charge in [0.2, 0.25) is 11.8 Å². The second kappa shape index (κ2) is 6.37. The molecule has 1 N–H and O–H groups in total. The lowest BCUT2D eigenvalue weighted by molar-refractivity contribution is -0.160. The molecule has 4 heteroatoms. The van der Waals surface area contributed by atoms with Gasteiger partial charge in [0.05, 0.1) is 0 Å². The van der Waals surface area contributed by atoms with Gasteiger partial charge in [0.1, 0.15) is 11.6 Å². The maximum Gasteiger partial charge on any atom is 0.246 e. The highest BCUT2D eigenvalue weighted by Crippen LogP contribution is 2.36. The smallest absolute Gasteiger partial charge is 0.246 e. The minimum Gasteiger partial charge on any atom is -0.342 e. The first-order valence-corrected chi connectivity index (χ1v) is 8.62. The fraction of sp³-hybridized carbons (Fsp3) is 0.882. The quantitative estimate of drug-likeness (QED) is 0.785. The van der Waals surface area contributed by atoms with Crippen LogP contribution in [0.25, 0.3) is 0 Å². The molecule has 1 heterocycles. The van der Waals surface area contributed by atoms with Gasteiger partial charge < -0.3 is 10.2 Å². The van der Waals surface area contributed by atoms with E-state index in [2.05, 4.69) is 12.2 Å². The van der Waals surface area contributed by atoms with Crippen molar-refractivity contribution in [2.45, 2.75) is 77.8 Å². The Morgan fingerprint density at radius 2 is 1.86 bits per heavy atom. The Labute approximate surface area is 128 Å². The van der Waals surface area contributed by atoms with Crippen LogP contribution >= 0.6 is 0 Å². The summed E-state index contributed by atoms with van der Waals surface area (Å²) >= 11 is 0. The molecule has 0 bridgehead atoms. The molecule has 21 heavy (non-hydrogen) atoms. The molecular formula is C17H30N2O2. The first-order valence-electron chi connectivity index (χ1n) is 8.62. The van der Waals surface area contributed by atoms with Gasteiger partial charge >= 0.3 is 0 Å². The Kier molecular flexibility index (Phi) is 4.95. The monoisotopic (exact) mass is 294 g/mol. The van der Waals surface area contributed by atoms with Crippen LogP contribution in [-0.2, 0) is 9.59 Å². The van der Waals surface area contributed by atoms with Crippen LogP contribution in [0.5, 0.6) is 0 Å². The standard InChI is InChI=1S/C17H30N2O2/c1-5-12(4)14-15(20)19(11-10-13-8-9-13)17(6-2,7-3)16(21)18-14/h12-14H,5-11H2,1-4H3,(H,18,21). The Balaban J connectivity index is 2.24. The molecular weight excluding hydrogens is 264 g/mol. The average molecular weight is 294 g/mol. The molecule has 2 unspecified atom stereocenters. The van der Waals surface area contributed by atoms with Crippen LogP contribution < -0.4 is 5.32 Å². The number of nitrogens with one attached hydrogen (secondary N) is 1. The van der Waals surface area contributed by atoms with Crippen LogP contribution in [0, 0.1) is 11.8 Å². The molecule has 1 aliphatic heterocycles. The normalized spacial score (nSPS) is 26.7. The number of rotatable bonds is 7. The third-order valence-electron chi connectivity index (χ3n) is 5.60. The fourth-order valence-electron chi connectivity index (χ4n) is 3.46. The minimum atomic E-state index is -0.629. The summed E-state index contributed by atoms with van der Waals surface area (Å²) in [7, 11) is 0. The minimum absolute atomic E-state index is 0.0493. The van der Waals surface area contributed by atoms with E-state index in [1.807, 2.05) is 25.7 Å². The summed E-state index contributed by atoms with van der Waals surface area (Å²) < 4.78 is 0. The van der Waals surface area contributed by atoms with Crippen molar-refractivity contribution in [1.82, 2.24) is 10.2 Å². The maximum absolute atomic E-state index is 12.9. The van der Waals surface area contributed by atoms with Gasteiger partial charge in [-0.1, -0.05) is 47.0 Å². The van der Waals surface area contributed by atoms with Crippen molar-refractivity contribution in [3.8, 4) is 0 Å². The van der Waals surface area contributed by atoms with Crippen LogP contribution in [-0.4, -0.2) is 34.8 Å². The number of carbonyl (C=O) groups is 2. The van der Waals surface area contributed by atoms with Crippen LogP contribution in [0.3, 0.4) is 0 Å². The number of piperazine rings is 1. The molecule has 120 valence electrons. The summed E-state index contributed by atoms with van der Waals surface area (Å²) in [4.78, 5) is 27.6. The van der Waals surface area contributed by atoms with E-state index >= 15 is 0 Å². The van der Waals surface area contributed by atoms with Crippen LogP contribution in [0.15, 0.2) is 0 Å². The molecule has 2 aliphatic rings. The molecule has 0 aromatic carbocycles. The zero-order chi connectivity index (χ0) is 15.6. The molecule has 2 rings (SSSR count). The van der Waals surface area contributed by atoms with E-state index in [4.69, 9.17) is 0 Å². The number of amides is 2. The molecule has 0 aromatic heterocycles. The first kappa shape index (κ1) is 16.3. The van der Waals surface area contributed by atoms with E-state index < -0.39 is 5.54 Å². The summed E-state index contributed by atoms with van der Waals surface area (Å²) in [6.45, 7) is 8.90. The van der Waals surface area contributed by atoms with Gasteiger partial charge in [-0.15, -0.1) is 0 Å². The van der Waals surface area contributed by atoms with Gasteiger partial charge in [0.25, 0.3) is 0 Å².